The Balaban J connectivity index is 3.18. The van der Waals surface area contributed by atoms with Crippen LogP contribution in [0.25, 0.3) is 0 Å². The van der Waals surface area contributed by atoms with Gasteiger partial charge in [-0.1, -0.05) is 6.07 Å². The fourth-order valence-corrected chi connectivity index (χ4v) is 0.982. The number of rotatable bonds is 3. The SMILES string of the molecule is O=C(O)[C@H](O)c1ccc(F)c([N+](=O)[O-])c1. The molecule has 1 aromatic carbocycles. The van der Waals surface area contributed by atoms with E-state index in [1.54, 1.807) is 0 Å². The smallest absolute Gasteiger partial charge is 0.337 e. The van der Waals surface area contributed by atoms with Gasteiger partial charge >= 0.3 is 11.7 Å². The molecule has 1 rings (SSSR count). The molecule has 7 heteroatoms. The summed E-state index contributed by atoms with van der Waals surface area (Å²) in [6, 6.07) is 2.40. The Labute approximate surface area is 82.7 Å². The molecule has 1 atom stereocenters. The number of hydrogen-bond acceptors (Lipinski definition) is 4. The van der Waals surface area contributed by atoms with Crippen molar-refractivity contribution in [3.05, 3.63) is 39.7 Å². The Bertz CT molecular complexity index is 419. The van der Waals surface area contributed by atoms with E-state index in [4.69, 9.17) is 10.2 Å². The number of carboxylic acid groups (broad SMARTS) is 1. The number of nitrogens with zero attached hydrogens (tertiary/aromatic N) is 1. The van der Waals surface area contributed by atoms with Crippen molar-refractivity contribution in [1.82, 2.24) is 0 Å². The lowest BCUT2D eigenvalue weighted by molar-refractivity contribution is -0.387. The molecule has 0 amide bonds. The molecule has 0 radical (unpaired) electrons. The molecule has 0 aliphatic heterocycles. The zero-order valence-electron chi connectivity index (χ0n) is 7.25. The molecule has 0 heterocycles. The zero-order chi connectivity index (χ0) is 11.6. The first-order valence-electron chi connectivity index (χ1n) is 3.78. The first-order valence-corrected chi connectivity index (χ1v) is 3.78. The Morgan fingerprint density at radius 3 is 2.60 bits per heavy atom. The number of hydrogen-bond donors (Lipinski definition) is 2. The monoisotopic (exact) mass is 215 g/mol. The minimum atomic E-state index is -1.90. The summed E-state index contributed by atoms with van der Waals surface area (Å²) in [6.45, 7) is 0. The molecule has 0 saturated heterocycles. The van der Waals surface area contributed by atoms with Crippen molar-refractivity contribution >= 4 is 11.7 Å². The van der Waals surface area contributed by atoms with E-state index >= 15 is 0 Å². The number of nitro benzene ring substituents is 1. The van der Waals surface area contributed by atoms with Crippen LogP contribution in [0, 0.1) is 15.9 Å². The molecule has 0 bridgehead atoms. The topological polar surface area (TPSA) is 101 Å². The highest BCUT2D eigenvalue weighted by Crippen LogP contribution is 2.22. The molecule has 0 aliphatic rings. The molecule has 15 heavy (non-hydrogen) atoms. The fraction of sp³-hybridized carbons (Fsp3) is 0.125. The van der Waals surface area contributed by atoms with Gasteiger partial charge in [-0.15, -0.1) is 0 Å². The lowest BCUT2D eigenvalue weighted by Crippen LogP contribution is -2.10. The van der Waals surface area contributed by atoms with Crippen molar-refractivity contribution in [1.29, 1.82) is 0 Å². The van der Waals surface area contributed by atoms with Crippen molar-refractivity contribution in [3.63, 3.8) is 0 Å². The van der Waals surface area contributed by atoms with E-state index in [-0.39, 0.29) is 5.56 Å². The van der Waals surface area contributed by atoms with E-state index in [0.29, 0.717) is 6.07 Å². The number of aliphatic hydroxyl groups excluding tert-OH is 1. The van der Waals surface area contributed by atoms with Gasteiger partial charge in [0.1, 0.15) is 0 Å². The molecule has 0 aromatic heterocycles. The highest BCUT2D eigenvalue weighted by atomic mass is 19.1. The average molecular weight is 215 g/mol. The number of benzene rings is 1. The minimum Gasteiger partial charge on any atom is -0.479 e. The first kappa shape index (κ1) is 11.1. The molecule has 0 fully saturated rings. The van der Waals surface area contributed by atoms with E-state index in [2.05, 4.69) is 0 Å². The van der Waals surface area contributed by atoms with E-state index in [1.165, 1.54) is 0 Å². The summed E-state index contributed by atoms with van der Waals surface area (Å²) < 4.78 is 12.8. The third-order valence-corrected chi connectivity index (χ3v) is 1.72. The molecule has 0 spiro atoms. The predicted molar refractivity (Wildman–Crippen MR) is 45.7 cm³/mol. The molecule has 2 N–H and O–H groups in total. The number of carboxylic acids is 1. The van der Waals surface area contributed by atoms with Crippen LogP contribution in [0.1, 0.15) is 11.7 Å². The summed E-state index contributed by atoms with van der Waals surface area (Å²) in [5, 5.41) is 27.8. The third-order valence-electron chi connectivity index (χ3n) is 1.72. The number of aliphatic hydroxyl groups is 1. The largest absolute Gasteiger partial charge is 0.479 e. The molecular formula is C8H6FNO5. The fourth-order valence-electron chi connectivity index (χ4n) is 0.982. The Morgan fingerprint density at radius 1 is 1.53 bits per heavy atom. The van der Waals surface area contributed by atoms with Crippen molar-refractivity contribution in [3.8, 4) is 0 Å². The van der Waals surface area contributed by atoms with Crippen LogP contribution in [0.3, 0.4) is 0 Å². The van der Waals surface area contributed by atoms with Crippen molar-refractivity contribution in [2.45, 2.75) is 6.10 Å². The quantitative estimate of drug-likeness (QED) is 0.575. The number of nitro groups is 1. The number of carbonyl (C=O) groups is 1. The van der Waals surface area contributed by atoms with E-state index in [9.17, 15) is 19.3 Å². The molecule has 1 aromatic rings. The maximum absolute atomic E-state index is 12.8. The Morgan fingerprint density at radius 2 is 2.13 bits per heavy atom. The summed E-state index contributed by atoms with van der Waals surface area (Å²) in [6.07, 6.45) is -1.90. The summed E-state index contributed by atoms with van der Waals surface area (Å²) in [5.74, 6) is -2.64. The van der Waals surface area contributed by atoms with Gasteiger partial charge in [0.2, 0.25) is 5.82 Å². The van der Waals surface area contributed by atoms with Gasteiger partial charge in [-0.3, -0.25) is 10.1 Å². The molecule has 80 valence electrons. The number of aliphatic carboxylic acids is 1. The van der Waals surface area contributed by atoms with Crippen LogP contribution in [-0.4, -0.2) is 21.1 Å². The second-order valence-electron chi connectivity index (χ2n) is 2.71. The number of halogens is 1. The molecule has 0 saturated carbocycles. The minimum absolute atomic E-state index is 0.240. The van der Waals surface area contributed by atoms with Gasteiger partial charge in [0.15, 0.2) is 6.10 Å². The predicted octanol–water partition coefficient (Wildman–Crippen LogP) is 0.852. The third kappa shape index (κ3) is 2.26. The first-order chi connectivity index (χ1) is 6.93. The zero-order valence-corrected chi connectivity index (χ0v) is 7.25. The maximum atomic E-state index is 12.8. The van der Waals surface area contributed by atoms with Gasteiger partial charge in [-0.25, -0.2) is 4.79 Å². The van der Waals surface area contributed by atoms with E-state index < -0.39 is 28.5 Å². The molecule has 0 aliphatic carbocycles. The van der Waals surface area contributed by atoms with Gasteiger partial charge in [-0.2, -0.15) is 4.39 Å². The van der Waals surface area contributed by atoms with Crippen molar-refractivity contribution in [2.75, 3.05) is 0 Å². The van der Waals surface area contributed by atoms with Crippen molar-refractivity contribution in [2.24, 2.45) is 0 Å². The standard InChI is InChI=1S/C8H6FNO5/c9-5-2-1-4(7(11)8(12)13)3-6(5)10(14)15/h1-3,7,11H,(H,12,13)/t7-/m1/s1. The Kier molecular flexibility index (Phi) is 2.96. The molecule has 0 unspecified atom stereocenters. The highest BCUT2D eigenvalue weighted by Gasteiger charge is 2.21. The van der Waals surface area contributed by atoms with Crippen LogP contribution in [-0.2, 0) is 4.79 Å². The lowest BCUT2D eigenvalue weighted by atomic mass is 10.1. The highest BCUT2D eigenvalue weighted by molar-refractivity contribution is 5.74. The van der Waals surface area contributed by atoms with Crippen LogP contribution in [0.2, 0.25) is 0 Å². The van der Waals surface area contributed by atoms with Crippen molar-refractivity contribution < 1.29 is 24.3 Å². The maximum Gasteiger partial charge on any atom is 0.337 e. The van der Waals surface area contributed by atoms with Crippen LogP contribution >= 0.6 is 0 Å². The Hall–Kier alpha value is -2.02. The molecular weight excluding hydrogens is 209 g/mol. The summed E-state index contributed by atoms with van der Waals surface area (Å²) in [5.41, 5.74) is -1.11. The van der Waals surface area contributed by atoms with Gasteiger partial charge in [0, 0.05) is 6.07 Å². The second-order valence-corrected chi connectivity index (χ2v) is 2.71. The summed E-state index contributed by atoms with van der Waals surface area (Å²) in [4.78, 5) is 19.7. The van der Waals surface area contributed by atoms with Crippen LogP contribution in [0.5, 0.6) is 0 Å². The molecule has 6 nitrogen and oxygen atoms in total. The second kappa shape index (κ2) is 4.01. The van der Waals surface area contributed by atoms with Gasteiger partial charge in [-0.05, 0) is 11.6 Å². The normalized spacial score (nSPS) is 12.1. The average Bonchev–Trinajstić information content (AvgIpc) is 2.16. The van der Waals surface area contributed by atoms with E-state index in [1.807, 2.05) is 0 Å². The van der Waals surface area contributed by atoms with Gasteiger partial charge < -0.3 is 10.2 Å². The van der Waals surface area contributed by atoms with Crippen LogP contribution in [0.15, 0.2) is 18.2 Å². The van der Waals surface area contributed by atoms with Crippen LogP contribution in [0.4, 0.5) is 10.1 Å². The van der Waals surface area contributed by atoms with Gasteiger partial charge in [0.25, 0.3) is 0 Å². The van der Waals surface area contributed by atoms with Crippen LogP contribution < -0.4 is 0 Å². The van der Waals surface area contributed by atoms with E-state index in [0.717, 1.165) is 12.1 Å². The van der Waals surface area contributed by atoms with Gasteiger partial charge in [0.05, 0.1) is 4.92 Å². The lowest BCUT2D eigenvalue weighted by Gasteiger charge is -2.05. The summed E-state index contributed by atoms with van der Waals surface area (Å²) in [7, 11) is 0. The summed E-state index contributed by atoms with van der Waals surface area (Å²) >= 11 is 0.